The number of carbonyl (C=O) groups is 1. The lowest BCUT2D eigenvalue weighted by atomic mass is 10.0. The van der Waals surface area contributed by atoms with Gasteiger partial charge in [0.05, 0.1) is 17.5 Å². The van der Waals surface area contributed by atoms with Crippen molar-refractivity contribution in [1.82, 2.24) is 15.5 Å². The van der Waals surface area contributed by atoms with E-state index in [1.165, 1.54) is 16.7 Å². The lowest BCUT2D eigenvalue weighted by Gasteiger charge is -2.16. The Hall–Kier alpha value is -3.48. The lowest BCUT2D eigenvalue weighted by molar-refractivity contribution is 0.0920. The molecule has 30 heavy (non-hydrogen) atoms. The molecule has 148 valence electrons. The maximum Gasteiger partial charge on any atom is 0.262 e. The van der Waals surface area contributed by atoms with Gasteiger partial charge in [0.25, 0.3) is 5.91 Å². The minimum Gasteiger partial charge on any atom is -0.394 e. The Bertz CT molecular complexity index is 1340. The smallest absolute Gasteiger partial charge is 0.262 e. The van der Waals surface area contributed by atoms with Crippen LogP contribution in [0.25, 0.3) is 32.2 Å². The van der Waals surface area contributed by atoms with Gasteiger partial charge in [0, 0.05) is 10.9 Å². The number of benzene rings is 3. The van der Waals surface area contributed by atoms with E-state index in [0.717, 1.165) is 32.4 Å². The topological polar surface area (TPSA) is 78.0 Å². The summed E-state index contributed by atoms with van der Waals surface area (Å²) in [5.74, 6) is -0.211. The number of aromatic amines is 1. The SMILES string of the molecule is O=C(NC(CO)c1ccccc1)c1cc2c(-c3ccc4ccccc4c3)n[nH]c2s1. The van der Waals surface area contributed by atoms with Gasteiger partial charge >= 0.3 is 0 Å². The first-order chi connectivity index (χ1) is 14.7. The monoisotopic (exact) mass is 413 g/mol. The molecular weight excluding hydrogens is 394 g/mol. The van der Waals surface area contributed by atoms with Gasteiger partial charge in [0.1, 0.15) is 10.5 Å². The third kappa shape index (κ3) is 3.36. The minimum atomic E-state index is -0.447. The molecule has 5 aromatic rings. The Morgan fingerprint density at radius 2 is 1.77 bits per heavy atom. The van der Waals surface area contributed by atoms with Crippen LogP contribution in [0.2, 0.25) is 0 Å². The molecule has 0 spiro atoms. The maximum absolute atomic E-state index is 12.8. The van der Waals surface area contributed by atoms with Crippen molar-refractivity contribution in [2.75, 3.05) is 6.61 Å². The number of nitrogens with one attached hydrogen (secondary N) is 2. The van der Waals surface area contributed by atoms with Gasteiger partial charge in [-0.25, -0.2) is 0 Å². The van der Waals surface area contributed by atoms with Crippen molar-refractivity contribution < 1.29 is 9.90 Å². The molecule has 0 saturated heterocycles. The molecular formula is C24H19N3O2S. The molecule has 6 heteroatoms. The molecule has 3 N–H and O–H groups in total. The van der Waals surface area contributed by atoms with Gasteiger partial charge < -0.3 is 10.4 Å². The first-order valence-electron chi connectivity index (χ1n) is 9.66. The quantitative estimate of drug-likeness (QED) is 0.383. The maximum atomic E-state index is 12.8. The first-order valence-corrected chi connectivity index (χ1v) is 10.5. The second-order valence-electron chi connectivity index (χ2n) is 7.11. The van der Waals surface area contributed by atoms with Crippen molar-refractivity contribution in [1.29, 1.82) is 0 Å². The van der Waals surface area contributed by atoms with Crippen LogP contribution < -0.4 is 5.32 Å². The molecule has 5 nitrogen and oxygen atoms in total. The Kier molecular flexibility index (Phi) is 4.78. The second-order valence-corrected chi connectivity index (χ2v) is 8.16. The fourth-order valence-corrected chi connectivity index (χ4v) is 4.54. The van der Waals surface area contributed by atoms with Gasteiger partial charge in [0.2, 0.25) is 0 Å². The fourth-order valence-electron chi connectivity index (χ4n) is 3.63. The van der Waals surface area contributed by atoms with Crippen LogP contribution in [0.5, 0.6) is 0 Å². The van der Waals surface area contributed by atoms with Gasteiger partial charge in [-0.15, -0.1) is 11.3 Å². The number of H-pyrrole nitrogens is 1. The van der Waals surface area contributed by atoms with Crippen LogP contribution in [0.3, 0.4) is 0 Å². The number of thiophene rings is 1. The predicted molar refractivity (Wildman–Crippen MR) is 121 cm³/mol. The van der Waals surface area contributed by atoms with E-state index in [-0.39, 0.29) is 12.5 Å². The number of rotatable bonds is 5. The number of aliphatic hydroxyl groups excluding tert-OH is 1. The summed E-state index contributed by atoms with van der Waals surface area (Å²) in [6.45, 7) is -0.164. The molecule has 0 fully saturated rings. The molecule has 0 aliphatic carbocycles. The highest BCUT2D eigenvalue weighted by Gasteiger charge is 2.19. The van der Waals surface area contributed by atoms with Crippen LogP contribution in [-0.2, 0) is 0 Å². The summed E-state index contributed by atoms with van der Waals surface area (Å²) in [7, 11) is 0. The van der Waals surface area contributed by atoms with E-state index in [2.05, 4.69) is 39.8 Å². The molecule has 0 radical (unpaired) electrons. The van der Waals surface area contributed by atoms with Crippen LogP contribution in [0, 0.1) is 0 Å². The largest absolute Gasteiger partial charge is 0.394 e. The fraction of sp³-hybridized carbons (Fsp3) is 0.0833. The van der Waals surface area contributed by atoms with Crippen molar-refractivity contribution >= 4 is 38.2 Å². The summed E-state index contributed by atoms with van der Waals surface area (Å²) in [6.07, 6.45) is 0. The highest BCUT2D eigenvalue weighted by molar-refractivity contribution is 7.20. The zero-order chi connectivity index (χ0) is 20.5. The van der Waals surface area contributed by atoms with E-state index in [0.29, 0.717) is 4.88 Å². The normalized spacial score (nSPS) is 12.3. The predicted octanol–water partition coefficient (Wildman–Crippen LogP) is 4.91. The van der Waals surface area contributed by atoms with Gasteiger partial charge in [-0.2, -0.15) is 5.10 Å². The van der Waals surface area contributed by atoms with Gasteiger partial charge in [-0.3, -0.25) is 9.89 Å². The molecule has 0 aliphatic heterocycles. The third-order valence-corrected chi connectivity index (χ3v) is 6.23. The second kappa shape index (κ2) is 7.74. The minimum absolute atomic E-state index is 0.164. The Balaban J connectivity index is 1.45. The first kappa shape index (κ1) is 18.5. The van der Waals surface area contributed by atoms with E-state index in [4.69, 9.17) is 0 Å². The van der Waals surface area contributed by atoms with Crippen molar-refractivity contribution in [2.24, 2.45) is 0 Å². The molecule has 0 bridgehead atoms. The highest BCUT2D eigenvalue weighted by atomic mass is 32.1. The van der Waals surface area contributed by atoms with Gasteiger partial charge in [0.15, 0.2) is 0 Å². The summed E-state index contributed by atoms with van der Waals surface area (Å²) in [5.41, 5.74) is 2.70. The van der Waals surface area contributed by atoms with Gasteiger partial charge in [-0.1, -0.05) is 66.7 Å². The molecule has 5 rings (SSSR count). The van der Waals surface area contributed by atoms with Crippen LogP contribution in [0.1, 0.15) is 21.3 Å². The number of fused-ring (bicyclic) bond motifs is 2. The third-order valence-electron chi connectivity index (χ3n) is 5.19. The van der Waals surface area contributed by atoms with E-state index in [9.17, 15) is 9.90 Å². The number of aliphatic hydroxyl groups is 1. The van der Waals surface area contributed by atoms with E-state index >= 15 is 0 Å². The van der Waals surface area contributed by atoms with Gasteiger partial charge in [-0.05, 0) is 28.5 Å². The number of amides is 1. The molecule has 2 aromatic heterocycles. The van der Waals surface area contributed by atoms with Crippen molar-refractivity contribution in [2.45, 2.75) is 6.04 Å². The zero-order valence-corrected chi connectivity index (χ0v) is 16.8. The highest BCUT2D eigenvalue weighted by Crippen LogP contribution is 2.33. The number of hydrogen-bond acceptors (Lipinski definition) is 4. The zero-order valence-electron chi connectivity index (χ0n) is 16.0. The summed E-state index contributed by atoms with van der Waals surface area (Å²) >= 11 is 1.36. The van der Waals surface area contributed by atoms with Crippen LogP contribution in [0.15, 0.2) is 78.9 Å². The molecule has 0 aliphatic rings. The van der Waals surface area contributed by atoms with Crippen molar-refractivity contribution in [3.8, 4) is 11.3 Å². The van der Waals surface area contributed by atoms with E-state index < -0.39 is 6.04 Å². The van der Waals surface area contributed by atoms with E-state index in [1.807, 2.05) is 54.6 Å². The number of aromatic nitrogens is 2. The number of nitrogens with zero attached hydrogens (tertiary/aromatic N) is 1. The molecule has 1 unspecified atom stereocenters. The van der Waals surface area contributed by atoms with Crippen molar-refractivity contribution in [3.05, 3.63) is 89.3 Å². The Morgan fingerprint density at radius 1 is 1.00 bits per heavy atom. The Labute approximate surface area is 177 Å². The summed E-state index contributed by atoms with van der Waals surface area (Å²) in [6, 6.07) is 25.3. The van der Waals surface area contributed by atoms with Crippen LogP contribution in [0.4, 0.5) is 0 Å². The lowest BCUT2D eigenvalue weighted by Crippen LogP contribution is -2.30. The van der Waals surface area contributed by atoms with Crippen LogP contribution in [-0.4, -0.2) is 27.8 Å². The Morgan fingerprint density at radius 3 is 2.57 bits per heavy atom. The van der Waals surface area contributed by atoms with Crippen LogP contribution >= 0.6 is 11.3 Å². The van der Waals surface area contributed by atoms with E-state index in [1.54, 1.807) is 0 Å². The number of hydrogen-bond donors (Lipinski definition) is 3. The molecule has 1 amide bonds. The standard InChI is InChI=1S/C24H19N3O2S/c28-14-20(16-7-2-1-3-8-16)25-23(29)21-13-19-22(26-27-24(19)30-21)18-11-10-15-6-4-5-9-17(15)12-18/h1-13,20,28H,14H2,(H,25,29)(H,26,27). The number of carbonyl (C=O) groups excluding carboxylic acids is 1. The average molecular weight is 414 g/mol. The molecule has 2 heterocycles. The summed E-state index contributed by atoms with van der Waals surface area (Å²) in [5, 5.41) is 23.4. The van der Waals surface area contributed by atoms with Crippen molar-refractivity contribution in [3.63, 3.8) is 0 Å². The molecule has 0 saturated carbocycles. The molecule has 1 atom stereocenters. The summed E-state index contributed by atoms with van der Waals surface area (Å²) < 4.78 is 0. The molecule has 3 aromatic carbocycles. The summed E-state index contributed by atoms with van der Waals surface area (Å²) in [4.78, 5) is 14.3. The average Bonchev–Trinajstić information content (AvgIpc) is 3.39.